The molecule has 0 bridgehead atoms. The largest absolute Gasteiger partial charge is 0.481 e. The maximum Gasteiger partial charge on any atom is 0.307 e. The Balaban J connectivity index is 2.32. The van der Waals surface area contributed by atoms with Gasteiger partial charge in [-0.3, -0.25) is 4.79 Å². The average molecular weight is 253 g/mol. The van der Waals surface area contributed by atoms with Crippen molar-refractivity contribution >= 4 is 5.97 Å². The molecule has 1 unspecified atom stereocenters. The molecule has 100 valence electrons. The van der Waals surface area contributed by atoms with Gasteiger partial charge in [-0.15, -0.1) is 0 Å². The third-order valence-corrected chi connectivity index (χ3v) is 2.45. The SMILES string of the molecule is COCC(O)CNCc1ccc(CC(=O)O)cc1. The molecule has 0 saturated carbocycles. The highest BCUT2D eigenvalue weighted by atomic mass is 16.5. The van der Waals surface area contributed by atoms with E-state index in [0.29, 0.717) is 19.7 Å². The molecule has 0 fully saturated rings. The second kappa shape index (κ2) is 7.81. The predicted octanol–water partition coefficient (Wildman–Crippen LogP) is 0.411. The lowest BCUT2D eigenvalue weighted by Gasteiger charge is -2.10. The zero-order valence-corrected chi connectivity index (χ0v) is 10.4. The number of carboxylic acid groups (broad SMARTS) is 1. The predicted molar refractivity (Wildman–Crippen MR) is 67.4 cm³/mol. The van der Waals surface area contributed by atoms with Crippen molar-refractivity contribution in [3.8, 4) is 0 Å². The van der Waals surface area contributed by atoms with Crippen molar-refractivity contribution in [1.82, 2.24) is 5.32 Å². The Labute approximate surface area is 106 Å². The van der Waals surface area contributed by atoms with Crippen LogP contribution in [0.25, 0.3) is 0 Å². The van der Waals surface area contributed by atoms with Crippen LogP contribution >= 0.6 is 0 Å². The van der Waals surface area contributed by atoms with Gasteiger partial charge in [0.15, 0.2) is 0 Å². The van der Waals surface area contributed by atoms with Gasteiger partial charge in [0, 0.05) is 20.2 Å². The number of carbonyl (C=O) groups is 1. The van der Waals surface area contributed by atoms with Crippen molar-refractivity contribution in [2.45, 2.75) is 19.1 Å². The number of rotatable bonds is 8. The fraction of sp³-hybridized carbons (Fsp3) is 0.462. The van der Waals surface area contributed by atoms with Crippen molar-refractivity contribution in [3.63, 3.8) is 0 Å². The first-order valence-corrected chi connectivity index (χ1v) is 5.79. The van der Waals surface area contributed by atoms with Gasteiger partial charge in [-0.2, -0.15) is 0 Å². The van der Waals surface area contributed by atoms with Crippen LogP contribution in [0.15, 0.2) is 24.3 Å². The molecule has 0 amide bonds. The van der Waals surface area contributed by atoms with Gasteiger partial charge in [-0.1, -0.05) is 24.3 Å². The lowest BCUT2D eigenvalue weighted by Crippen LogP contribution is -2.29. The van der Waals surface area contributed by atoms with E-state index in [1.54, 1.807) is 19.2 Å². The van der Waals surface area contributed by atoms with E-state index >= 15 is 0 Å². The van der Waals surface area contributed by atoms with Crippen molar-refractivity contribution in [3.05, 3.63) is 35.4 Å². The number of carboxylic acids is 1. The fourth-order valence-corrected chi connectivity index (χ4v) is 1.58. The van der Waals surface area contributed by atoms with E-state index in [-0.39, 0.29) is 6.42 Å². The van der Waals surface area contributed by atoms with Crippen molar-refractivity contribution in [2.75, 3.05) is 20.3 Å². The van der Waals surface area contributed by atoms with Gasteiger partial charge in [-0.05, 0) is 11.1 Å². The number of hydrogen-bond acceptors (Lipinski definition) is 4. The van der Waals surface area contributed by atoms with Crippen LogP contribution in [0, 0.1) is 0 Å². The smallest absolute Gasteiger partial charge is 0.307 e. The Kier molecular flexibility index (Phi) is 6.35. The summed E-state index contributed by atoms with van der Waals surface area (Å²) in [5.74, 6) is -0.830. The molecular weight excluding hydrogens is 234 g/mol. The summed E-state index contributed by atoms with van der Waals surface area (Å²) in [6.07, 6.45) is -0.471. The molecule has 0 aliphatic heterocycles. The zero-order valence-electron chi connectivity index (χ0n) is 10.4. The summed E-state index contributed by atoms with van der Waals surface area (Å²) in [6, 6.07) is 7.37. The van der Waals surface area contributed by atoms with Crippen LogP contribution in [0.2, 0.25) is 0 Å². The van der Waals surface area contributed by atoms with Gasteiger partial charge in [0.1, 0.15) is 0 Å². The number of methoxy groups -OCH3 is 1. The number of benzene rings is 1. The molecule has 0 heterocycles. The molecule has 0 radical (unpaired) electrons. The van der Waals surface area contributed by atoms with Crippen molar-refractivity contribution in [1.29, 1.82) is 0 Å². The number of aliphatic hydroxyl groups is 1. The molecular formula is C13H19NO4. The molecule has 1 atom stereocenters. The summed E-state index contributed by atoms with van der Waals surface area (Å²) >= 11 is 0. The van der Waals surface area contributed by atoms with Crippen molar-refractivity contribution in [2.24, 2.45) is 0 Å². The van der Waals surface area contributed by atoms with Gasteiger partial charge in [-0.25, -0.2) is 0 Å². The molecule has 0 saturated heterocycles. The molecule has 1 aromatic rings. The number of aliphatic carboxylic acids is 1. The minimum atomic E-state index is -0.830. The summed E-state index contributed by atoms with van der Waals surface area (Å²) in [4.78, 5) is 10.5. The van der Waals surface area contributed by atoms with Gasteiger partial charge < -0.3 is 20.3 Å². The highest BCUT2D eigenvalue weighted by molar-refractivity contribution is 5.70. The minimum Gasteiger partial charge on any atom is -0.481 e. The summed E-state index contributed by atoms with van der Waals surface area (Å²) in [5, 5.41) is 21.2. The molecule has 5 heteroatoms. The number of aliphatic hydroxyl groups excluding tert-OH is 1. The first-order valence-electron chi connectivity index (χ1n) is 5.79. The second-order valence-corrected chi connectivity index (χ2v) is 4.13. The summed E-state index contributed by atoms with van der Waals surface area (Å²) in [6.45, 7) is 1.41. The van der Waals surface area contributed by atoms with Gasteiger partial charge in [0.25, 0.3) is 0 Å². The number of ether oxygens (including phenoxy) is 1. The highest BCUT2D eigenvalue weighted by Crippen LogP contribution is 2.05. The van der Waals surface area contributed by atoms with E-state index in [9.17, 15) is 9.90 Å². The molecule has 3 N–H and O–H groups in total. The standard InChI is InChI=1S/C13H19NO4/c1-18-9-12(15)8-14-7-11-4-2-10(3-5-11)6-13(16)17/h2-5,12,14-15H,6-9H2,1H3,(H,16,17). The Hall–Kier alpha value is -1.43. The van der Waals surface area contributed by atoms with E-state index in [4.69, 9.17) is 9.84 Å². The lowest BCUT2D eigenvalue weighted by atomic mass is 10.1. The van der Waals surface area contributed by atoms with Crippen LogP contribution < -0.4 is 5.32 Å². The first-order chi connectivity index (χ1) is 8.61. The van der Waals surface area contributed by atoms with Crippen LogP contribution in [0.1, 0.15) is 11.1 Å². The van der Waals surface area contributed by atoms with E-state index in [2.05, 4.69) is 5.32 Å². The van der Waals surface area contributed by atoms with E-state index in [1.807, 2.05) is 12.1 Å². The normalized spacial score (nSPS) is 12.3. The zero-order chi connectivity index (χ0) is 13.4. The number of nitrogens with one attached hydrogen (secondary N) is 1. The van der Waals surface area contributed by atoms with Crippen LogP contribution in [0.4, 0.5) is 0 Å². The van der Waals surface area contributed by atoms with Crippen LogP contribution in [0.5, 0.6) is 0 Å². The summed E-state index contributed by atoms with van der Waals surface area (Å²) < 4.78 is 4.81. The second-order valence-electron chi connectivity index (χ2n) is 4.13. The summed E-state index contributed by atoms with van der Waals surface area (Å²) in [7, 11) is 1.55. The van der Waals surface area contributed by atoms with Crippen LogP contribution in [-0.4, -0.2) is 42.5 Å². The quantitative estimate of drug-likeness (QED) is 0.625. The molecule has 1 rings (SSSR count). The maximum absolute atomic E-state index is 10.5. The average Bonchev–Trinajstić information content (AvgIpc) is 2.31. The van der Waals surface area contributed by atoms with E-state index in [1.165, 1.54) is 0 Å². The van der Waals surface area contributed by atoms with Gasteiger partial charge in [0.05, 0.1) is 19.1 Å². The molecule has 5 nitrogen and oxygen atoms in total. The molecule has 0 spiro atoms. The third kappa shape index (κ3) is 5.77. The van der Waals surface area contributed by atoms with Crippen molar-refractivity contribution < 1.29 is 19.7 Å². The monoisotopic (exact) mass is 253 g/mol. The maximum atomic E-state index is 10.5. The van der Waals surface area contributed by atoms with Gasteiger partial charge >= 0.3 is 5.97 Å². The molecule has 18 heavy (non-hydrogen) atoms. The minimum absolute atomic E-state index is 0.0419. The van der Waals surface area contributed by atoms with Gasteiger partial charge in [0.2, 0.25) is 0 Å². The fourth-order valence-electron chi connectivity index (χ4n) is 1.58. The lowest BCUT2D eigenvalue weighted by molar-refractivity contribution is -0.136. The Morgan fingerprint density at radius 2 is 1.94 bits per heavy atom. The molecule has 0 aromatic heterocycles. The third-order valence-electron chi connectivity index (χ3n) is 2.45. The highest BCUT2D eigenvalue weighted by Gasteiger charge is 2.03. The molecule has 0 aliphatic rings. The summed E-state index contributed by atoms with van der Waals surface area (Å²) in [5.41, 5.74) is 1.83. The number of hydrogen-bond donors (Lipinski definition) is 3. The van der Waals surface area contributed by atoms with E-state index in [0.717, 1.165) is 11.1 Å². The molecule has 1 aromatic carbocycles. The Bertz CT molecular complexity index is 364. The van der Waals surface area contributed by atoms with E-state index < -0.39 is 12.1 Å². The Morgan fingerprint density at radius 3 is 2.50 bits per heavy atom. The molecule has 0 aliphatic carbocycles. The Morgan fingerprint density at radius 1 is 1.33 bits per heavy atom. The van der Waals surface area contributed by atoms with Crippen LogP contribution in [0.3, 0.4) is 0 Å². The first kappa shape index (κ1) is 14.6. The topological polar surface area (TPSA) is 78.8 Å². The van der Waals surface area contributed by atoms with Crippen LogP contribution in [-0.2, 0) is 22.5 Å².